The minimum Gasteiger partial charge on any atom is -0.497 e. The zero-order valence-electron chi connectivity index (χ0n) is 10.7. The number of nitrogens with zero attached hydrogens (tertiary/aromatic N) is 1. The van der Waals surface area contributed by atoms with Gasteiger partial charge in [0.15, 0.2) is 0 Å². The highest BCUT2D eigenvalue weighted by atomic mass is 16.5. The Morgan fingerprint density at radius 1 is 1.41 bits per heavy atom. The van der Waals surface area contributed by atoms with Crippen molar-refractivity contribution in [1.82, 2.24) is 0 Å². The molecule has 1 aromatic carbocycles. The third-order valence-corrected chi connectivity index (χ3v) is 3.43. The van der Waals surface area contributed by atoms with Crippen molar-refractivity contribution in [3.8, 4) is 5.75 Å². The van der Waals surface area contributed by atoms with E-state index in [1.807, 2.05) is 12.1 Å². The van der Waals surface area contributed by atoms with Crippen molar-refractivity contribution in [2.24, 2.45) is 11.7 Å². The van der Waals surface area contributed by atoms with Gasteiger partial charge in [-0.15, -0.1) is 0 Å². The predicted octanol–water partition coefficient (Wildman–Crippen LogP) is 2.26. The van der Waals surface area contributed by atoms with Crippen LogP contribution in [0.25, 0.3) is 0 Å². The van der Waals surface area contributed by atoms with Crippen LogP contribution in [0.2, 0.25) is 0 Å². The second kappa shape index (κ2) is 5.41. The predicted molar refractivity (Wildman–Crippen MR) is 71.6 cm³/mol. The van der Waals surface area contributed by atoms with Gasteiger partial charge in [-0.2, -0.15) is 0 Å². The third-order valence-electron chi connectivity index (χ3n) is 3.43. The van der Waals surface area contributed by atoms with Crippen LogP contribution in [-0.2, 0) is 0 Å². The lowest BCUT2D eigenvalue weighted by Gasteiger charge is -2.19. The van der Waals surface area contributed by atoms with Crippen LogP contribution in [0.3, 0.4) is 0 Å². The fourth-order valence-corrected chi connectivity index (χ4v) is 2.58. The molecule has 94 valence electrons. The van der Waals surface area contributed by atoms with Gasteiger partial charge in [0, 0.05) is 24.8 Å². The molecule has 2 unspecified atom stereocenters. The average molecular weight is 234 g/mol. The van der Waals surface area contributed by atoms with Crippen molar-refractivity contribution in [3.63, 3.8) is 0 Å². The van der Waals surface area contributed by atoms with E-state index in [-0.39, 0.29) is 0 Å². The van der Waals surface area contributed by atoms with Crippen LogP contribution >= 0.6 is 0 Å². The molecule has 1 saturated heterocycles. The Labute approximate surface area is 104 Å². The molecule has 3 heteroatoms. The molecule has 0 aromatic heterocycles. The van der Waals surface area contributed by atoms with Crippen molar-refractivity contribution in [1.29, 1.82) is 0 Å². The van der Waals surface area contributed by atoms with E-state index >= 15 is 0 Å². The molecule has 1 aliphatic rings. The van der Waals surface area contributed by atoms with Gasteiger partial charge in [-0.05, 0) is 49.9 Å². The van der Waals surface area contributed by atoms with Crippen LogP contribution in [0.15, 0.2) is 24.3 Å². The molecule has 17 heavy (non-hydrogen) atoms. The summed E-state index contributed by atoms with van der Waals surface area (Å²) in [7, 11) is 1.70. The molecule has 0 bridgehead atoms. The molecular weight excluding hydrogens is 212 g/mol. The summed E-state index contributed by atoms with van der Waals surface area (Å²) in [5.74, 6) is 1.66. The number of rotatable bonds is 4. The highest BCUT2D eigenvalue weighted by Gasteiger charge is 2.23. The van der Waals surface area contributed by atoms with Crippen LogP contribution in [-0.4, -0.2) is 26.2 Å². The lowest BCUT2D eigenvalue weighted by Crippen LogP contribution is -2.23. The van der Waals surface area contributed by atoms with Crippen LogP contribution < -0.4 is 15.4 Å². The topological polar surface area (TPSA) is 38.5 Å². The minimum absolute atomic E-state index is 0.316. The molecule has 0 amide bonds. The van der Waals surface area contributed by atoms with Gasteiger partial charge in [-0.1, -0.05) is 0 Å². The molecule has 1 fully saturated rings. The Morgan fingerprint density at radius 2 is 2.12 bits per heavy atom. The Kier molecular flexibility index (Phi) is 3.89. The summed E-state index contributed by atoms with van der Waals surface area (Å²) in [6.45, 7) is 4.37. The Bertz CT molecular complexity index is 348. The maximum absolute atomic E-state index is 5.86. The third kappa shape index (κ3) is 3.13. The largest absolute Gasteiger partial charge is 0.497 e. The molecule has 1 aromatic rings. The number of hydrogen-bond donors (Lipinski definition) is 1. The number of ether oxygens (including phenoxy) is 1. The quantitative estimate of drug-likeness (QED) is 0.868. The monoisotopic (exact) mass is 234 g/mol. The first kappa shape index (κ1) is 12.2. The highest BCUT2D eigenvalue weighted by molar-refractivity contribution is 5.49. The van der Waals surface area contributed by atoms with E-state index in [1.165, 1.54) is 12.1 Å². The van der Waals surface area contributed by atoms with E-state index in [2.05, 4.69) is 24.0 Å². The van der Waals surface area contributed by atoms with Crippen molar-refractivity contribution < 1.29 is 4.74 Å². The highest BCUT2D eigenvalue weighted by Crippen LogP contribution is 2.27. The molecule has 2 atom stereocenters. The van der Waals surface area contributed by atoms with Gasteiger partial charge in [-0.3, -0.25) is 0 Å². The molecule has 3 nitrogen and oxygen atoms in total. The zero-order valence-corrected chi connectivity index (χ0v) is 10.7. The molecule has 2 N–H and O–H groups in total. The maximum Gasteiger partial charge on any atom is 0.119 e. The number of methoxy groups -OCH3 is 1. The van der Waals surface area contributed by atoms with E-state index in [0.29, 0.717) is 6.04 Å². The molecule has 0 aliphatic carbocycles. The van der Waals surface area contributed by atoms with Gasteiger partial charge in [-0.25, -0.2) is 0 Å². The van der Waals surface area contributed by atoms with Crippen LogP contribution in [0.1, 0.15) is 19.8 Å². The molecule has 0 saturated carbocycles. The summed E-state index contributed by atoms with van der Waals surface area (Å²) < 4.78 is 5.17. The lowest BCUT2D eigenvalue weighted by molar-refractivity contribution is 0.415. The zero-order chi connectivity index (χ0) is 12.3. The average Bonchev–Trinajstić information content (AvgIpc) is 2.77. The Hall–Kier alpha value is -1.22. The Balaban J connectivity index is 1.95. The van der Waals surface area contributed by atoms with Crippen molar-refractivity contribution >= 4 is 5.69 Å². The summed E-state index contributed by atoms with van der Waals surface area (Å²) in [5.41, 5.74) is 7.15. The second-order valence-electron chi connectivity index (χ2n) is 5.01. The summed E-state index contributed by atoms with van der Waals surface area (Å²) in [6.07, 6.45) is 2.39. The smallest absolute Gasteiger partial charge is 0.119 e. The number of benzene rings is 1. The fraction of sp³-hybridized carbons (Fsp3) is 0.571. The standard InChI is InChI=1S/C14H22N2O/c1-11(15)9-12-7-8-16(10-12)13-3-5-14(17-2)6-4-13/h3-6,11-12H,7-10,15H2,1-2H3. The van der Waals surface area contributed by atoms with Gasteiger partial charge in [0.25, 0.3) is 0 Å². The number of anilines is 1. The first-order valence-corrected chi connectivity index (χ1v) is 6.33. The van der Waals surface area contributed by atoms with E-state index in [4.69, 9.17) is 10.5 Å². The number of hydrogen-bond acceptors (Lipinski definition) is 3. The summed E-state index contributed by atoms with van der Waals surface area (Å²) in [5, 5.41) is 0. The Morgan fingerprint density at radius 3 is 2.71 bits per heavy atom. The molecule has 2 rings (SSSR count). The molecule has 1 aliphatic heterocycles. The van der Waals surface area contributed by atoms with E-state index in [9.17, 15) is 0 Å². The van der Waals surface area contributed by atoms with Crippen LogP contribution in [0, 0.1) is 5.92 Å². The first-order valence-electron chi connectivity index (χ1n) is 6.33. The molecular formula is C14H22N2O. The fourth-order valence-electron chi connectivity index (χ4n) is 2.58. The summed E-state index contributed by atoms with van der Waals surface area (Å²) in [4.78, 5) is 2.44. The number of nitrogens with two attached hydrogens (primary N) is 1. The van der Waals surface area contributed by atoms with E-state index in [0.717, 1.165) is 31.2 Å². The summed E-state index contributed by atoms with van der Waals surface area (Å²) >= 11 is 0. The van der Waals surface area contributed by atoms with E-state index < -0.39 is 0 Å². The SMILES string of the molecule is COc1ccc(N2CCC(CC(C)N)C2)cc1. The minimum atomic E-state index is 0.316. The van der Waals surface area contributed by atoms with Crippen molar-refractivity contribution in [2.45, 2.75) is 25.8 Å². The second-order valence-corrected chi connectivity index (χ2v) is 5.01. The van der Waals surface area contributed by atoms with Gasteiger partial charge in [0.1, 0.15) is 5.75 Å². The van der Waals surface area contributed by atoms with Crippen molar-refractivity contribution in [3.05, 3.63) is 24.3 Å². The normalized spacial score (nSPS) is 21.6. The molecule has 1 heterocycles. The van der Waals surface area contributed by atoms with Gasteiger partial charge in [0.05, 0.1) is 7.11 Å². The van der Waals surface area contributed by atoms with Crippen molar-refractivity contribution in [2.75, 3.05) is 25.1 Å². The molecule has 0 radical (unpaired) electrons. The molecule has 0 spiro atoms. The maximum atomic E-state index is 5.86. The van der Waals surface area contributed by atoms with Gasteiger partial charge < -0.3 is 15.4 Å². The van der Waals surface area contributed by atoms with Crippen LogP contribution in [0.4, 0.5) is 5.69 Å². The van der Waals surface area contributed by atoms with Crippen LogP contribution in [0.5, 0.6) is 5.75 Å². The first-order chi connectivity index (χ1) is 8.19. The van der Waals surface area contributed by atoms with E-state index in [1.54, 1.807) is 7.11 Å². The van der Waals surface area contributed by atoms with Gasteiger partial charge >= 0.3 is 0 Å². The lowest BCUT2D eigenvalue weighted by atomic mass is 10.0. The summed E-state index contributed by atoms with van der Waals surface area (Å²) in [6, 6.07) is 8.62. The van der Waals surface area contributed by atoms with Gasteiger partial charge in [0.2, 0.25) is 0 Å².